The first kappa shape index (κ1) is 24.7. The minimum absolute atomic E-state index is 0.247. The van der Waals surface area contributed by atoms with Gasteiger partial charge in [0.2, 0.25) is 0 Å². The molecule has 3 nitrogen and oxygen atoms in total. The Bertz CT molecular complexity index is 2520. The normalized spacial score (nSPS) is 11.8. The molecule has 0 saturated heterocycles. The van der Waals surface area contributed by atoms with Gasteiger partial charge in [0.1, 0.15) is 17.0 Å². The van der Waals surface area contributed by atoms with Crippen LogP contribution in [0.2, 0.25) is 0 Å². The van der Waals surface area contributed by atoms with Crippen LogP contribution in [0, 0.1) is 5.82 Å². The van der Waals surface area contributed by atoms with E-state index in [4.69, 9.17) is 4.42 Å². The first-order chi connectivity index (χ1) is 21.7. The Morgan fingerprint density at radius 3 is 2.05 bits per heavy atom. The van der Waals surface area contributed by atoms with Crippen molar-refractivity contribution in [2.24, 2.45) is 0 Å². The Labute approximate surface area is 252 Å². The van der Waals surface area contributed by atoms with Gasteiger partial charge in [0, 0.05) is 32.9 Å². The Hall–Kier alpha value is -5.87. The molecule has 2 aromatic heterocycles. The van der Waals surface area contributed by atoms with Gasteiger partial charge in [0.05, 0.1) is 27.8 Å². The van der Waals surface area contributed by atoms with Crippen LogP contribution in [0.1, 0.15) is 0 Å². The first-order valence-corrected chi connectivity index (χ1v) is 14.7. The molecular weight excluding hydrogens is 543 g/mol. The zero-order valence-electron chi connectivity index (χ0n) is 23.6. The lowest BCUT2D eigenvalue weighted by Crippen LogP contribution is -2.11. The van der Waals surface area contributed by atoms with Crippen molar-refractivity contribution in [3.05, 3.63) is 157 Å². The van der Waals surface area contributed by atoms with E-state index in [0.29, 0.717) is 0 Å². The van der Waals surface area contributed by atoms with E-state index < -0.39 is 0 Å². The standard InChI is InChI=1S/C40H25FN2O/c41-27-19-21-28(22-20-27)42-35-14-5-3-12-31(35)33-25-29(23-24-36(33)42)43(34-15-7-10-26-9-1-2-11-30(26)34)37-16-8-18-39-40(37)32-13-4-6-17-38(32)44-39/h1-25H. The smallest absolute Gasteiger partial charge is 0.137 e. The molecule has 0 spiro atoms. The fourth-order valence-corrected chi connectivity index (χ4v) is 6.72. The van der Waals surface area contributed by atoms with Crippen molar-refractivity contribution in [1.29, 1.82) is 0 Å². The first-order valence-electron chi connectivity index (χ1n) is 14.7. The number of aromatic nitrogens is 1. The average Bonchev–Trinajstić information content (AvgIpc) is 3.62. The van der Waals surface area contributed by atoms with Crippen molar-refractivity contribution in [1.82, 2.24) is 4.57 Å². The van der Waals surface area contributed by atoms with Crippen LogP contribution in [0.25, 0.3) is 60.2 Å². The van der Waals surface area contributed by atoms with Gasteiger partial charge in [-0.1, -0.05) is 78.9 Å². The zero-order valence-corrected chi connectivity index (χ0v) is 23.6. The highest BCUT2D eigenvalue weighted by atomic mass is 19.1. The number of para-hydroxylation sites is 2. The molecule has 0 bridgehead atoms. The quantitative estimate of drug-likeness (QED) is 0.211. The summed E-state index contributed by atoms with van der Waals surface area (Å²) in [6.07, 6.45) is 0. The number of halogens is 1. The van der Waals surface area contributed by atoms with Crippen LogP contribution in [-0.4, -0.2) is 4.57 Å². The van der Waals surface area contributed by atoms with Gasteiger partial charge in [-0.25, -0.2) is 4.39 Å². The van der Waals surface area contributed by atoms with Gasteiger partial charge in [0.25, 0.3) is 0 Å². The Balaban J connectivity index is 1.37. The zero-order chi connectivity index (χ0) is 29.2. The number of hydrogen-bond donors (Lipinski definition) is 0. The molecule has 0 radical (unpaired) electrons. The Kier molecular flexibility index (Phi) is 5.38. The predicted octanol–water partition coefficient (Wildman–Crippen LogP) is 11.4. The molecule has 208 valence electrons. The molecule has 0 amide bonds. The summed E-state index contributed by atoms with van der Waals surface area (Å²) in [6.45, 7) is 0. The summed E-state index contributed by atoms with van der Waals surface area (Å²) in [7, 11) is 0. The second-order valence-corrected chi connectivity index (χ2v) is 11.1. The van der Waals surface area contributed by atoms with Gasteiger partial charge in [0.15, 0.2) is 0 Å². The summed E-state index contributed by atoms with van der Waals surface area (Å²) >= 11 is 0. The molecule has 9 rings (SSSR count). The molecule has 0 saturated carbocycles. The van der Waals surface area contributed by atoms with Gasteiger partial charge in [-0.2, -0.15) is 0 Å². The SMILES string of the molecule is Fc1ccc(-n2c3ccccc3c3cc(N(c4cccc5ccccc45)c4cccc5oc6ccccc6c45)ccc32)cc1. The number of benzene rings is 7. The van der Waals surface area contributed by atoms with Crippen LogP contribution >= 0.6 is 0 Å². The summed E-state index contributed by atoms with van der Waals surface area (Å²) in [6, 6.07) is 51.3. The second-order valence-electron chi connectivity index (χ2n) is 11.1. The molecule has 9 aromatic rings. The lowest BCUT2D eigenvalue weighted by Gasteiger charge is -2.27. The molecule has 0 atom stereocenters. The Morgan fingerprint density at radius 2 is 1.16 bits per heavy atom. The van der Waals surface area contributed by atoms with E-state index >= 15 is 0 Å². The van der Waals surface area contributed by atoms with Crippen LogP contribution < -0.4 is 4.90 Å². The summed E-state index contributed by atoms with van der Waals surface area (Å²) in [5.41, 5.74) is 7.94. The van der Waals surface area contributed by atoms with E-state index in [1.165, 1.54) is 17.5 Å². The molecular formula is C40H25FN2O. The molecule has 0 aliphatic carbocycles. The van der Waals surface area contributed by atoms with E-state index in [1.54, 1.807) is 0 Å². The molecule has 0 aliphatic heterocycles. The maximum Gasteiger partial charge on any atom is 0.137 e. The molecule has 0 unspecified atom stereocenters. The van der Waals surface area contributed by atoms with Crippen LogP contribution in [0.5, 0.6) is 0 Å². The van der Waals surface area contributed by atoms with Crippen LogP contribution in [0.3, 0.4) is 0 Å². The molecule has 4 heteroatoms. The van der Waals surface area contributed by atoms with E-state index in [-0.39, 0.29) is 5.82 Å². The number of rotatable bonds is 4. The number of hydrogen-bond acceptors (Lipinski definition) is 2. The van der Waals surface area contributed by atoms with E-state index in [1.807, 2.05) is 30.3 Å². The van der Waals surface area contributed by atoms with Crippen LogP contribution in [0.15, 0.2) is 156 Å². The number of anilines is 3. The van der Waals surface area contributed by atoms with Gasteiger partial charge in [-0.3, -0.25) is 0 Å². The summed E-state index contributed by atoms with van der Waals surface area (Å²) in [5.74, 6) is -0.247. The van der Waals surface area contributed by atoms with E-state index in [9.17, 15) is 4.39 Å². The van der Waals surface area contributed by atoms with Crippen molar-refractivity contribution >= 4 is 71.6 Å². The fourth-order valence-electron chi connectivity index (χ4n) is 6.72. The third-order valence-corrected chi connectivity index (χ3v) is 8.63. The highest BCUT2D eigenvalue weighted by Gasteiger charge is 2.22. The van der Waals surface area contributed by atoms with Crippen molar-refractivity contribution in [3.8, 4) is 5.69 Å². The van der Waals surface area contributed by atoms with E-state index in [0.717, 1.165) is 71.9 Å². The van der Waals surface area contributed by atoms with E-state index in [2.05, 4.69) is 119 Å². The van der Waals surface area contributed by atoms with Crippen molar-refractivity contribution < 1.29 is 8.81 Å². The van der Waals surface area contributed by atoms with Crippen molar-refractivity contribution in [2.45, 2.75) is 0 Å². The van der Waals surface area contributed by atoms with Gasteiger partial charge >= 0.3 is 0 Å². The second kappa shape index (κ2) is 9.58. The minimum Gasteiger partial charge on any atom is -0.456 e. The molecule has 0 aliphatic rings. The monoisotopic (exact) mass is 568 g/mol. The fraction of sp³-hybridized carbons (Fsp3) is 0. The molecule has 7 aromatic carbocycles. The number of furan rings is 1. The average molecular weight is 569 g/mol. The van der Waals surface area contributed by atoms with Crippen molar-refractivity contribution in [3.63, 3.8) is 0 Å². The topological polar surface area (TPSA) is 21.3 Å². The summed E-state index contributed by atoms with van der Waals surface area (Å²) in [4.78, 5) is 2.36. The molecule has 0 N–H and O–H groups in total. The summed E-state index contributed by atoms with van der Waals surface area (Å²) < 4.78 is 22.4. The maximum atomic E-state index is 13.9. The third-order valence-electron chi connectivity index (χ3n) is 8.63. The maximum absolute atomic E-state index is 13.9. The number of nitrogens with zero attached hydrogens (tertiary/aromatic N) is 2. The predicted molar refractivity (Wildman–Crippen MR) is 180 cm³/mol. The van der Waals surface area contributed by atoms with Gasteiger partial charge < -0.3 is 13.9 Å². The van der Waals surface area contributed by atoms with Crippen LogP contribution in [0.4, 0.5) is 21.5 Å². The summed E-state index contributed by atoms with van der Waals surface area (Å²) in [5, 5.41) is 6.75. The highest BCUT2D eigenvalue weighted by molar-refractivity contribution is 6.16. The van der Waals surface area contributed by atoms with Gasteiger partial charge in [-0.15, -0.1) is 0 Å². The number of fused-ring (bicyclic) bond motifs is 7. The molecule has 2 heterocycles. The van der Waals surface area contributed by atoms with Crippen LogP contribution in [-0.2, 0) is 0 Å². The lowest BCUT2D eigenvalue weighted by molar-refractivity contribution is 0.627. The lowest BCUT2D eigenvalue weighted by atomic mass is 10.0. The highest BCUT2D eigenvalue weighted by Crippen LogP contribution is 2.46. The van der Waals surface area contributed by atoms with Crippen molar-refractivity contribution in [2.75, 3.05) is 4.90 Å². The Morgan fingerprint density at radius 1 is 0.500 bits per heavy atom. The van der Waals surface area contributed by atoms with Gasteiger partial charge in [-0.05, 0) is 78.2 Å². The largest absolute Gasteiger partial charge is 0.456 e. The molecule has 44 heavy (non-hydrogen) atoms. The minimum atomic E-state index is -0.247. The molecule has 0 fully saturated rings. The third kappa shape index (κ3) is 3.68.